The number of carbonyl (C=O) groups excluding carboxylic acids is 1. The molecule has 1 saturated carbocycles. The third-order valence-electron chi connectivity index (χ3n) is 6.56. The fraction of sp³-hybridized carbons (Fsp3) is 0.435. The van der Waals surface area contributed by atoms with Crippen LogP contribution in [0.15, 0.2) is 36.4 Å². The maximum Gasteiger partial charge on any atom is 0.248 e. The molecule has 3 aliphatic rings. The van der Waals surface area contributed by atoms with E-state index in [4.69, 9.17) is 15.2 Å². The molecule has 1 aliphatic carbocycles. The largest absolute Gasteiger partial charge is 0.462 e. The summed E-state index contributed by atoms with van der Waals surface area (Å²) in [5.74, 6) is 0.0583. The van der Waals surface area contributed by atoms with Gasteiger partial charge in [-0.25, -0.2) is 0 Å². The van der Waals surface area contributed by atoms with Gasteiger partial charge in [0.15, 0.2) is 0 Å². The van der Waals surface area contributed by atoms with Crippen molar-refractivity contribution in [1.29, 1.82) is 0 Å². The van der Waals surface area contributed by atoms with Crippen LogP contribution in [0.1, 0.15) is 48.0 Å². The molecule has 1 spiro atoms. The first-order valence-electron chi connectivity index (χ1n) is 10.3. The summed E-state index contributed by atoms with van der Waals surface area (Å²) >= 11 is 2.25. The van der Waals surface area contributed by atoms with E-state index in [0.717, 1.165) is 58.0 Å². The number of nitrogens with zero attached hydrogens (tertiary/aromatic N) is 1. The van der Waals surface area contributed by atoms with E-state index in [2.05, 4.69) is 45.7 Å². The van der Waals surface area contributed by atoms with E-state index in [-0.39, 0.29) is 0 Å². The number of hydrogen-bond acceptors (Lipinski definition) is 4. The highest BCUT2D eigenvalue weighted by atomic mass is 127. The normalized spacial score (nSPS) is 21.3. The predicted octanol–water partition coefficient (Wildman–Crippen LogP) is 4.31. The topological polar surface area (TPSA) is 64.8 Å². The smallest absolute Gasteiger partial charge is 0.248 e. The first kappa shape index (κ1) is 19.3. The third kappa shape index (κ3) is 3.66. The van der Waals surface area contributed by atoms with Crippen molar-refractivity contribution >= 4 is 28.5 Å². The molecule has 1 amide bonds. The minimum Gasteiger partial charge on any atom is -0.462 e. The molecule has 5 nitrogen and oxygen atoms in total. The molecule has 0 atom stereocenters. The van der Waals surface area contributed by atoms with Gasteiger partial charge in [-0.05, 0) is 70.8 Å². The van der Waals surface area contributed by atoms with Gasteiger partial charge in [0.1, 0.15) is 5.75 Å². The van der Waals surface area contributed by atoms with Crippen molar-refractivity contribution in [3.63, 3.8) is 0 Å². The second-order valence-corrected chi connectivity index (χ2v) is 9.47. The van der Waals surface area contributed by atoms with E-state index >= 15 is 0 Å². The lowest BCUT2D eigenvalue weighted by Crippen LogP contribution is -2.54. The number of likely N-dealkylation sites (tertiary alicyclic amines) is 1. The van der Waals surface area contributed by atoms with Crippen LogP contribution in [0.3, 0.4) is 0 Å². The average molecular weight is 504 g/mol. The highest BCUT2D eigenvalue weighted by Gasteiger charge is 2.42. The van der Waals surface area contributed by atoms with Crippen molar-refractivity contribution in [1.82, 2.24) is 4.90 Å². The van der Waals surface area contributed by atoms with Gasteiger partial charge in [-0.2, -0.15) is 0 Å². The standard InChI is InChI=1S/C23H25IN2O3/c24-20-13-16(22(25)27)4-6-19(20)15-5-7-21-17(12-15)14-28-23(29-21)8-10-26(11-9-23)18-2-1-3-18/h4-7,12-13,18H,1-3,8-11,14H2,(H2,25,27). The molecule has 2 heterocycles. The summed E-state index contributed by atoms with van der Waals surface area (Å²) in [6, 6.07) is 12.6. The van der Waals surface area contributed by atoms with Gasteiger partial charge in [-0.15, -0.1) is 0 Å². The van der Waals surface area contributed by atoms with E-state index in [1.54, 1.807) is 6.07 Å². The average Bonchev–Trinajstić information content (AvgIpc) is 2.68. The molecule has 2 fully saturated rings. The fourth-order valence-electron chi connectivity index (χ4n) is 4.53. The molecule has 0 unspecified atom stereocenters. The summed E-state index contributed by atoms with van der Waals surface area (Å²) in [7, 11) is 0. The van der Waals surface area contributed by atoms with Crippen LogP contribution in [-0.2, 0) is 11.3 Å². The van der Waals surface area contributed by atoms with Crippen molar-refractivity contribution in [3.8, 4) is 16.9 Å². The number of nitrogens with two attached hydrogens (primary N) is 1. The maximum atomic E-state index is 11.4. The van der Waals surface area contributed by atoms with Crippen LogP contribution in [0, 0.1) is 3.57 Å². The summed E-state index contributed by atoms with van der Waals surface area (Å²) in [6.45, 7) is 2.69. The van der Waals surface area contributed by atoms with E-state index in [1.165, 1.54) is 19.3 Å². The molecule has 0 bridgehead atoms. The lowest BCUT2D eigenvalue weighted by atomic mass is 9.89. The maximum absolute atomic E-state index is 11.4. The molecule has 0 aromatic heterocycles. The second-order valence-electron chi connectivity index (χ2n) is 8.30. The molecule has 5 rings (SSSR count). The van der Waals surface area contributed by atoms with E-state index in [0.29, 0.717) is 12.2 Å². The minimum absolute atomic E-state index is 0.407. The van der Waals surface area contributed by atoms with E-state index < -0.39 is 11.7 Å². The van der Waals surface area contributed by atoms with Gasteiger partial charge >= 0.3 is 0 Å². The molecule has 152 valence electrons. The van der Waals surface area contributed by atoms with E-state index in [9.17, 15) is 4.79 Å². The Balaban J connectivity index is 1.33. The Morgan fingerprint density at radius 1 is 1.14 bits per heavy atom. The number of rotatable bonds is 3. The highest BCUT2D eigenvalue weighted by molar-refractivity contribution is 14.1. The van der Waals surface area contributed by atoms with Crippen molar-refractivity contribution in [2.45, 2.75) is 50.5 Å². The van der Waals surface area contributed by atoms with Gasteiger partial charge in [0.05, 0.1) is 6.61 Å². The summed E-state index contributed by atoms with van der Waals surface area (Å²) in [4.78, 5) is 14.0. The van der Waals surface area contributed by atoms with Gasteiger partial charge in [0.2, 0.25) is 11.7 Å². The van der Waals surface area contributed by atoms with Gasteiger partial charge in [0, 0.05) is 46.7 Å². The van der Waals surface area contributed by atoms with Gasteiger partial charge in [0.25, 0.3) is 0 Å². The molecule has 1 saturated heterocycles. The Kier molecular flexibility index (Phi) is 5.04. The Hall–Kier alpha value is -1.64. The minimum atomic E-state index is -0.466. The van der Waals surface area contributed by atoms with Crippen LogP contribution in [0.4, 0.5) is 0 Å². The molecule has 2 aromatic rings. The highest BCUT2D eigenvalue weighted by Crippen LogP contribution is 2.41. The predicted molar refractivity (Wildman–Crippen MR) is 120 cm³/mol. The lowest BCUT2D eigenvalue weighted by Gasteiger charge is -2.47. The molecular weight excluding hydrogens is 479 g/mol. The Morgan fingerprint density at radius 3 is 2.59 bits per heavy atom. The molecule has 0 radical (unpaired) electrons. The monoisotopic (exact) mass is 504 g/mol. The summed E-state index contributed by atoms with van der Waals surface area (Å²) in [5, 5.41) is 0. The molecule has 2 aliphatic heterocycles. The van der Waals surface area contributed by atoms with Crippen LogP contribution in [0.5, 0.6) is 5.75 Å². The zero-order valence-electron chi connectivity index (χ0n) is 16.3. The fourth-order valence-corrected chi connectivity index (χ4v) is 5.36. The van der Waals surface area contributed by atoms with Crippen LogP contribution < -0.4 is 10.5 Å². The molecule has 6 heteroatoms. The van der Waals surface area contributed by atoms with Gasteiger partial charge < -0.3 is 15.2 Å². The number of primary amides is 1. The number of amides is 1. The van der Waals surface area contributed by atoms with Crippen molar-refractivity contribution in [2.75, 3.05) is 13.1 Å². The molecular formula is C23H25IN2O3. The molecule has 2 aromatic carbocycles. The number of piperidine rings is 1. The van der Waals surface area contributed by atoms with Crippen LogP contribution >= 0.6 is 22.6 Å². The molecule has 2 N–H and O–H groups in total. The first-order valence-corrected chi connectivity index (χ1v) is 11.4. The number of fused-ring (bicyclic) bond motifs is 1. The number of carbonyl (C=O) groups is 1. The molecule has 29 heavy (non-hydrogen) atoms. The second kappa shape index (κ2) is 7.56. The van der Waals surface area contributed by atoms with Crippen LogP contribution in [0.25, 0.3) is 11.1 Å². The lowest BCUT2D eigenvalue weighted by molar-refractivity contribution is -0.231. The Bertz CT molecular complexity index is 949. The first-order chi connectivity index (χ1) is 14.0. The zero-order valence-corrected chi connectivity index (χ0v) is 18.5. The quantitative estimate of drug-likeness (QED) is 0.633. The Labute approximate surface area is 184 Å². The van der Waals surface area contributed by atoms with Gasteiger partial charge in [-0.3, -0.25) is 9.69 Å². The summed E-state index contributed by atoms with van der Waals surface area (Å²) < 4.78 is 13.7. The van der Waals surface area contributed by atoms with Crippen molar-refractivity contribution in [3.05, 3.63) is 51.1 Å². The van der Waals surface area contributed by atoms with Crippen LogP contribution in [0.2, 0.25) is 0 Å². The SMILES string of the molecule is NC(=O)c1ccc(-c2ccc3c(c2)COC2(CCN(C4CCC4)CC2)O3)c(I)c1. The zero-order chi connectivity index (χ0) is 20.0. The number of hydrogen-bond donors (Lipinski definition) is 1. The van der Waals surface area contributed by atoms with Crippen LogP contribution in [-0.4, -0.2) is 35.7 Å². The van der Waals surface area contributed by atoms with Gasteiger partial charge in [-0.1, -0.05) is 18.6 Å². The number of ether oxygens (including phenoxy) is 2. The number of benzene rings is 2. The van der Waals surface area contributed by atoms with Crippen molar-refractivity contribution < 1.29 is 14.3 Å². The summed E-state index contributed by atoms with van der Waals surface area (Å²) in [5.41, 5.74) is 9.15. The number of halogens is 1. The van der Waals surface area contributed by atoms with E-state index in [1.807, 2.05) is 12.1 Å². The van der Waals surface area contributed by atoms with Crippen molar-refractivity contribution in [2.24, 2.45) is 5.73 Å². The Morgan fingerprint density at radius 2 is 1.93 bits per heavy atom. The third-order valence-corrected chi connectivity index (χ3v) is 7.46. The summed E-state index contributed by atoms with van der Waals surface area (Å²) in [6.07, 6.45) is 5.92.